The van der Waals surface area contributed by atoms with Crippen molar-refractivity contribution in [2.24, 2.45) is 0 Å². The second kappa shape index (κ2) is 4.58. The molecule has 0 amide bonds. The van der Waals surface area contributed by atoms with E-state index >= 15 is 0 Å². The number of hydrogen-bond acceptors (Lipinski definition) is 3. The molecule has 1 aliphatic rings. The number of likely N-dealkylation sites (N-methyl/N-ethyl adjacent to an activating group) is 1. The van der Waals surface area contributed by atoms with E-state index in [0.717, 1.165) is 13.1 Å². The molecule has 0 saturated carbocycles. The lowest BCUT2D eigenvalue weighted by Crippen LogP contribution is -2.48. The average molecular weight is 187 g/mol. The van der Waals surface area contributed by atoms with Gasteiger partial charge in [-0.3, -0.25) is 9.69 Å². The summed E-state index contributed by atoms with van der Waals surface area (Å²) in [4.78, 5) is 12.7. The highest BCUT2D eigenvalue weighted by Gasteiger charge is 2.26. The number of nitrogens with zero attached hydrogens (tertiary/aromatic N) is 1. The molecule has 1 heterocycles. The summed E-state index contributed by atoms with van der Waals surface area (Å²) in [6.45, 7) is 6.52. The summed E-state index contributed by atoms with van der Waals surface area (Å²) < 4.78 is 5.41. The first-order chi connectivity index (χ1) is 6.13. The lowest BCUT2D eigenvalue weighted by atomic mass is 10.1. The second-order valence-corrected chi connectivity index (χ2v) is 3.49. The summed E-state index contributed by atoms with van der Waals surface area (Å²) in [5.41, 5.74) is 0. The minimum Gasteiger partial charge on any atom is -0.481 e. The van der Waals surface area contributed by atoms with E-state index in [-0.39, 0.29) is 12.5 Å². The molecule has 0 aromatic carbocycles. The van der Waals surface area contributed by atoms with Crippen molar-refractivity contribution < 1.29 is 14.6 Å². The van der Waals surface area contributed by atoms with Gasteiger partial charge in [0.1, 0.15) is 0 Å². The number of rotatable bonds is 3. The normalized spacial score (nSPS) is 30.3. The molecule has 0 aromatic rings. The van der Waals surface area contributed by atoms with Gasteiger partial charge >= 0.3 is 5.97 Å². The summed E-state index contributed by atoms with van der Waals surface area (Å²) in [7, 11) is 0. The predicted molar refractivity (Wildman–Crippen MR) is 48.7 cm³/mol. The molecule has 1 N–H and O–H groups in total. The Balaban J connectivity index is 2.40. The van der Waals surface area contributed by atoms with Crippen molar-refractivity contribution in [1.82, 2.24) is 4.90 Å². The van der Waals surface area contributed by atoms with Crippen LogP contribution in [0, 0.1) is 0 Å². The van der Waals surface area contributed by atoms with E-state index in [1.165, 1.54) is 0 Å². The second-order valence-electron chi connectivity index (χ2n) is 3.49. The van der Waals surface area contributed by atoms with E-state index in [9.17, 15) is 4.79 Å². The molecule has 0 bridgehead atoms. The topological polar surface area (TPSA) is 49.8 Å². The van der Waals surface area contributed by atoms with Gasteiger partial charge in [0.2, 0.25) is 0 Å². The van der Waals surface area contributed by atoms with Gasteiger partial charge in [-0.1, -0.05) is 6.92 Å². The van der Waals surface area contributed by atoms with E-state index in [0.29, 0.717) is 12.6 Å². The van der Waals surface area contributed by atoms with Crippen molar-refractivity contribution in [2.75, 3.05) is 19.7 Å². The number of aliphatic carboxylic acids is 1. The molecule has 0 spiro atoms. The third-order valence-electron chi connectivity index (χ3n) is 2.44. The van der Waals surface area contributed by atoms with Crippen molar-refractivity contribution in [3.63, 3.8) is 0 Å². The van der Waals surface area contributed by atoms with Gasteiger partial charge in [0, 0.05) is 12.6 Å². The molecule has 0 radical (unpaired) electrons. The average Bonchev–Trinajstić information content (AvgIpc) is 2.07. The van der Waals surface area contributed by atoms with Crippen molar-refractivity contribution in [1.29, 1.82) is 0 Å². The van der Waals surface area contributed by atoms with E-state index in [4.69, 9.17) is 9.84 Å². The van der Waals surface area contributed by atoms with Gasteiger partial charge in [-0.25, -0.2) is 0 Å². The Bertz CT molecular complexity index is 184. The third-order valence-corrected chi connectivity index (χ3v) is 2.44. The van der Waals surface area contributed by atoms with Crippen LogP contribution in [0.1, 0.15) is 20.3 Å². The predicted octanol–water partition coefficient (Wildman–Crippen LogP) is 0.570. The Labute approximate surface area is 78.5 Å². The van der Waals surface area contributed by atoms with Crippen LogP contribution in [0.4, 0.5) is 0 Å². The maximum Gasteiger partial charge on any atom is 0.306 e. The summed E-state index contributed by atoms with van der Waals surface area (Å²) in [5.74, 6) is -0.782. The standard InChI is InChI=1S/C9H17NO3/c1-3-10-5-8(4-9(11)12)13-6-7(10)2/h7-8H,3-6H2,1-2H3,(H,11,12)/t7-,8-/m0/s1. The third kappa shape index (κ3) is 2.97. The van der Waals surface area contributed by atoms with Crippen LogP contribution >= 0.6 is 0 Å². The van der Waals surface area contributed by atoms with Crippen molar-refractivity contribution in [2.45, 2.75) is 32.4 Å². The Kier molecular flexibility index (Phi) is 3.69. The highest BCUT2D eigenvalue weighted by atomic mass is 16.5. The van der Waals surface area contributed by atoms with Crippen molar-refractivity contribution >= 4 is 5.97 Å². The Morgan fingerprint density at radius 2 is 2.38 bits per heavy atom. The maximum absolute atomic E-state index is 10.4. The zero-order chi connectivity index (χ0) is 9.84. The first kappa shape index (κ1) is 10.5. The number of carbonyl (C=O) groups is 1. The molecule has 0 aromatic heterocycles. The molecule has 1 aliphatic heterocycles. The smallest absolute Gasteiger partial charge is 0.306 e. The highest BCUT2D eigenvalue weighted by Crippen LogP contribution is 2.13. The van der Waals surface area contributed by atoms with Gasteiger partial charge in [-0.2, -0.15) is 0 Å². The fraction of sp³-hybridized carbons (Fsp3) is 0.889. The molecule has 4 heteroatoms. The van der Waals surface area contributed by atoms with Crippen LogP contribution < -0.4 is 0 Å². The van der Waals surface area contributed by atoms with Crippen molar-refractivity contribution in [3.05, 3.63) is 0 Å². The number of ether oxygens (including phenoxy) is 1. The minimum absolute atomic E-state index is 0.114. The van der Waals surface area contributed by atoms with E-state index < -0.39 is 5.97 Å². The van der Waals surface area contributed by atoms with Crippen LogP contribution in [0.15, 0.2) is 0 Å². The summed E-state index contributed by atoms with van der Waals surface area (Å²) >= 11 is 0. The number of carboxylic acid groups (broad SMARTS) is 1. The zero-order valence-corrected chi connectivity index (χ0v) is 8.19. The summed E-state index contributed by atoms with van der Waals surface area (Å²) in [5, 5.41) is 8.59. The molecule has 1 rings (SSSR count). The van der Waals surface area contributed by atoms with Gasteiger partial charge in [-0.15, -0.1) is 0 Å². The lowest BCUT2D eigenvalue weighted by molar-refractivity contribution is -0.143. The molecular weight excluding hydrogens is 170 g/mol. The minimum atomic E-state index is -0.782. The molecule has 1 fully saturated rings. The SMILES string of the molecule is CCN1C[C@H](CC(=O)O)OC[C@@H]1C. The fourth-order valence-electron chi connectivity index (χ4n) is 1.63. The summed E-state index contributed by atoms with van der Waals surface area (Å²) in [6.07, 6.45) is -0.0166. The number of morpholine rings is 1. The van der Waals surface area contributed by atoms with Crippen LogP contribution in [0.3, 0.4) is 0 Å². The largest absolute Gasteiger partial charge is 0.481 e. The molecule has 4 nitrogen and oxygen atoms in total. The number of hydrogen-bond donors (Lipinski definition) is 1. The van der Waals surface area contributed by atoms with Gasteiger partial charge in [-0.05, 0) is 13.5 Å². The van der Waals surface area contributed by atoms with Crippen molar-refractivity contribution in [3.8, 4) is 0 Å². The Hall–Kier alpha value is -0.610. The van der Waals surface area contributed by atoms with Crippen LogP contribution in [-0.2, 0) is 9.53 Å². The zero-order valence-electron chi connectivity index (χ0n) is 8.19. The molecule has 0 unspecified atom stereocenters. The lowest BCUT2D eigenvalue weighted by Gasteiger charge is -2.36. The molecule has 76 valence electrons. The monoisotopic (exact) mass is 187 g/mol. The van der Waals surface area contributed by atoms with Gasteiger partial charge in [0.25, 0.3) is 0 Å². The van der Waals surface area contributed by atoms with Crippen LogP contribution in [-0.4, -0.2) is 47.8 Å². The van der Waals surface area contributed by atoms with Gasteiger partial charge in [0.15, 0.2) is 0 Å². The highest BCUT2D eigenvalue weighted by molar-refractivity contribution is 5.67. The maximum atomic E-state index is 10.4. The molecule has 1 saturated heterocycles. The summed E-state index contributed by atoms with van der Waals surface area (Å²) in [6, 6.07) is 0.412. The molecule has 0 aliphatic carbocycles. The fourth-order valence-corrected chi connectivity index (χ4v) is 1.63. The van der Waals surface area contributed by atoms with Gasteiger partial charge < -0.3 is 9.84 Å². The van der Waals surface area contributed by atoms with Crippen LogP contribution in [0.25, 0.3) is 0 Å². The first-order valence-corrected chi connectivity index (χ1v) is 4.71. The number of carboxylic acids is 1. The molecule has 13 heavy (non-hydrogen) atoms. The molecular formula is C9H17NO3. The van der Waals surface area contributed by atoms with Crippen LogP contribution in [0.2, 0.25) is 0 Å². The van der Waals surface area contributed by atoms with Crippen LogP contribution in [0.5, 0.6) is 0 Å². The Morgan fingerprint density at radius 3 is 2.92 bits per heavy atom. The van der Waals surface area contributed by atoms with E-state index in [1.807, 2.05) is 0 Å². The van der Waals surface area contributed by atoms with E-state index in [2.05, 4.69) is 18.7 Å². The quantitative estimate of drug-likeness (QED) is 0.701. The Morgan fingerprint density at radius 1 is 1.69 bits per heavy atom. The first-order valence-electron chi connectivity index (χ1n) is 4.71. The van der Waals surface area contributed by atoms with E-state index in [1.54, 1.807) is 0 Å². The van der Waals surface area contributed by atoms with Gasteiger partial charge in [0.05, 0.1) is 19.1 Å². The molecule has 2 atom stereocenters.